The Labute approximate surface area is 120 Å². The van der Waals surface area contributed by atoms with Crippen LogP contribution in [0.15, 0.2) is 0 Å². The Hall–Kier alpha value is -0.283. The second-order valence-corrected chi connectivity index (χ2v) is 3.73. The van der Waals surface area contributed by atoms with Gasteiger partial charge < -0.3 is 5.11 Å². The van der Waals surface area contributed by atoms with E-state index in [1.54, 1.807) is 0 Å². The molecule has 0 heterocycles. The molecule has 0 saturated heterocycles. The van der Waals surface area contributed by atoms with E-state index in [1.165, 1.54) is 0 Å². The molecule has 1 nitrogen and oxygen atoms in total. The molecule has 0 aliphatic carbocycles. The number of hydrogen-bond donors (Lipinski definition) is 1. The largest absolute Gasteiger partial charge is 0.423 e. The Morgan fingerprint density at radius 1 is 0.524 bits per heavy atom. The van der Waals surface area contributed by atoms with Gasteiger partial charge in [-0.1, -0.05) is 0 Å². The number of rotatable bonds is 5. The van der Waals surface area contributed by atoms with E-state index in [2.05, 4.69) is 0 Å². The van der Waals surface area contributed by atoms with Gasteiger partial charge in [0.25, 0.3) is 0 Å². The summed E-state index contributed by atoms with van der Waals surface area (Å²) in [6.45, 7) is -1.01. The van der Waals surface area contributed by atoms with Gasteiger partial charge in [-0.2, -0.15) is 52.7 Å². The molecule has 123 valence electrons. The second kappa shape index (κ2) is 5.41. The van der Waals surface area contributed by atoms with E-state index < -0.39 is 42.6 Å². The van der Waals surface area contributed by atoms with Gasteiger partial charge in [0, 0.05) is 25.8 Å². The van der Waals surface area contributed by atoms with Crippen LogP contribution in [0.4, 0.5) is 52.7 Å². The quantitative estimate of drug-likeness (QED) is 0.601. The van der Waals surface area contributed by atoms with Gasteiger partial charge in [0.2, 0.25) is 0 Å². The smallest absolute Gasteiger partial charge is 0.331 e. The van der Waals surface area contributed by atoms with Crippen LogP contribution in [0, 0.1) is 0 Å². The van der Waals surface area contributed by atoms with E-state index in [4.69, 9.17) is 5.11 Å². The summed E-state index contributed by atoms with van der Waals surface area (Å²) in [7, 11) is 0. The van der Waals surface area contributed by atoms with Gasteiger partial charge in [-0.15, -0.1) is 0 Å². The van der Waals surface area contributed by atoms with Crippen molar-refractivity contribution in [3.8, 4) is 0 Å². The van der Waals surface area contributed by atoms with E-state index in [0.717, 1.165) is 0 Å². The van der Waals surface area contributed by atoms with E-state index >= 15 is 0 Å². The molecule has 14 heteroatoms. The summed E-state index contributed by atoms with van der Waals surface area (Å²) in [6, 6.07) is 0. The van der Waals surface area contributed by atoms with Crippen LogP contribution in [0.1, 0.15) is 6.92 Å². The number of halogens is 12. The number of hydrogen-bond acceptors (Lipinski definition) is 1. The molecule has 0 unspecified atom stereocenters. The van der Waals surface area contributed by atoms with Gasteiger partial charge in [-0.05, 0) is 0 Å². The van der Waals surface area contributed by atoms with Gasteiger partial charge in [0.1, 0.15) is 0 Å². The maximum absolute atomic E-state index is 12.6. The monoisotopic (exact) mass is 339 g/mol. The normalized spacial score (nSPS) is 15.7. The number of alkyl halides is 12. The summed E-state index contributed by atoms with van der Waals surface area (Å²) in [5.74, 6) is -35.7. The van der Waals surface area contributed by atoms with Gasteiger partial charge in [0.05, 0.1) is 0 Å². The van der Waals surface area contributed by atoms with Crippen molar-refractivity contribution in [2.24, 2.45) is 0 Å². The third kappa shape index (κ3) is 3.10. The minimum Gasteiger partial charge on any atom is -0.331 e. The SMILES string of the molecule is CC(F)(F)C(F)(F)C(F)(F)C(F)(F)C(F)(F)C(O)(F)F.[Li]. The third-order valence-electron chi connectivity index (χ3n) is 2.11. The molecule has 0 atom stereocenters. The molecular formula is C7H4F12LiO. The standard InChI is InChI=1S/C7H4F12O.Li/c1-2(8,9)3(10,11)4(12,13)5(14,15)6(16,17)7(18,19)20;/h20H,1H3;. The van der Waals surface area contributed by atoms with Gasteiger partial charge in [0.15, 0.2) is 0 Å². The first kappa shape index (κ1) is 23.0. The summed E-state index contributed by atoms with van der Waals surface area (Å²) in [4.78, 5) is 0. The molecule has 0 bridgehead atoms. The van der Waals surface area contributed by atoms with Crippen LogP contribution in [0.5, 0.6) is 0 Å². The maximum Gasteiger partial charge on any atom is 0.423 e. The van der Waals surface area contributed by atoms with Crippen molar-refractivity contribution in [1.29, 1.82) is 0 Å². The van der Waals surface area contributed by atoms with Crippen molar-refractivity contribution < 1.29 is 57.8 Å². The van der Waals surface area contributed by atoms with E-state index in [0.29, 0.717) is 0 Å². The molecule has 1 N–H and O–H groups in total. The first-order valence-corrected chi connectivity index (χ1v) is 4.24. The minimum atomic E-state index is -7.68. The Morgan fingerprint density at radius 3 is 0.952 bits per heavy atom. The third-order valence-corrected chi connectivity index (χ3v) is 2.11. The zero-order valence-electron chi connectivity index (χ0n) is 9.98. The van der Waals surface area contributed by atoms with Crippen molar-refractivity contribution in [3.63, 3.8) is 0 Å². The van der Waals surface area contributed by atoms with Gasteiger partial charge in [-0.25, -0.2) is 0 Å². The minimum absolute atomic E-state index is 0. The molecule has 0 spiro atoms. The molecule has 0 aromatic heterocycles. The van der Waals surface area contributed by atoms with E-state index in [9.17, 15) is 52.7 Å². The predicted octanol–water partition coefficient (Wildman–Crippen LogP) is 3.39. The Bertz CT molecular complexity index is 331. The Morgan fingerprint density at radius 2 is 0.762 bits per heavy atom. The van der Waals surface area contributed by atoms with Crippen molar-refractivity contribution in [2.45, 2.75) is 42.6 Å². The zero-order chi connectivity index (χ0) is 17.0. The van der Waals surface area contributed by atoms with Crippen LogP contribution in [0.2, 0.25) is 0 Å². The molecular weight excluding hydrogens is 335 g/mol. The van der Waals surface area contributed by atoms with Crippen LogP contribution in [0.3, 0.4) is 0 Å². The second-order valence-electron chi connectivity index (χ2n) is 3.73. The molecule has 0 aliphatic rings. The molecule has 0 aliphatic heterocycles. The van der Waals surface area contributed by atoms with Gasteiger partial charge in [-0.3, -0.25) is 0 Å². The molecule has 0 amide bonds. The van der Waals surface area contributed by atoms with Crippen molar-refractivity contribution in [2.75, 3.05) is 0 Å². The Kier molecular flexibility index (Phi) is 5.93. The first-order valence-electron chi connectivity index (χ1n) is 4.24. The average Bonchev–Trinajstić information content (AvgIpc) is 2.12. The summed E-state index contributed by atoms with van der Waals surface area (Å²) in [5, 5.41) is 7.38. The fraction of sp³-hybridized carbons (Fsp3) is 1.00. The van der Waals surface area contributed by atoms with Crippen LogP contribution in [0.25, 0.3) is 0 Å². The summed E-state index contributed by atoms with van der Waals surface area (Å²) >= 11 is 0. The molecule has 0 aromatic rings. The van der Waals surface area contributed by atoms with E-state index in [1.807, 2.05) is 0 Å². The summed E-state index contributed by atoms with van der Waals surface area (Å²) in [5.41, 5.74) is 0. The van der Waals surface area contributed by atoms with E-state index in [-0.39, 0.29) is 18.9 Å². The topological polar surface area (TPSA) is 20.2 Å². The zero-order valence-corrected chi connectivity index (χ0v) is 9.98. The van der Waals surface area contributed by atoms with Crippen molar-refractivity contribution in [1.82, 2.24) is 0 Å². The Balaban J connectivity index is 0. The van der Waals surface area contributed by atoms with Crippen molar-refractivity contribution >= 4 is 18.9 Å². The predicted molar refractivity (Wildman–Crippen MR) is 43.3 cm³/mol. The molecule has 0 rings (SSSR count). The summed E-state index contributed by atoms with van der Waals surface area (Å²) < 4.78 is 148. The molecule has 21 heavy (non-hydrogen) atoms. The van der Waals surface area contributed by atoms with Crippen molar-refractivity contribution in [3.05, 3.63) is 0 Å². The number of aliphatic hydroxyl groups is 1. The fourth-order valence-corrected chi connectivity index (χ4v) is 0.859. The summed E-state index contributed by atoms with van der Waals surface area (Å²) in [6.07, 6.45) is -6.86. The van der Waals surface area contributed by atoms with Crippen LogP contribution in [-0.2, 0) is 0 Å². The van der Waals surface area contributed by atoms with Crippen LogP contribution in [-0.4, -0.2) is 59.7 Å². The van der Waals surface area contributed by atoms with Crippen LogP contribution >= 0.6 is 0 Å². The molecule has 0 fully saturated rings. The first-order chi connectivity index (χ1) is 8.25. The molecule has 0 saturated carbocycles. The van der Waals surface area contributed by atoms with Gasteiger partial charge >= 0.3 is 35.7 Å². The molecule has 1 radical (unpaired) electrons. The maximum atomic E-state index is 12.6. The van der Waals surface area contributed by atoms with Crippen LogP contribution < -0.4 is 0 Å². The average molecular weight is 339 g/mol. The fourth-order valence-electron chi connectivity index (χ4n) is 0.859. The molecule has 0 aromatic carbocycles.